The molecule has 136 valence electrons. The molecule has 1 saturated heterocycles. The summed E-state index contributed by atoms with van der Waals surface area (Å²) in [6, 6.07) is 7.68. The van der Waals surface area contributed by atoms with Crippen LogP contribution in [-0.2, 0) is 4.79 Å². The Morgan fingerprint density at radius 3 is 2.50 bits per heavy atom. The molecule has 2 heterocycles. The number of hydrogen-bond acceptors (Lipinski definition) is 5. The van der Waals surface area contributed by atoms with E-state index in [1.807, 2.05) is 0 Å². The van der Waals surface area contributed by atoms with E-state index in [1.54, 1.807) is 12.1 Å². The van der Waals surface area contributed by atoms with Crippen LogP contribution in [0, 0.1) is 0 Å². The van der Waals surface area contributed by atoms with E-state index in [0.29, 0.717) is 28.7 Å². The SMILES string of the molecule is COc1ccc([C@H]2N(c3ccc4c(c3)OCO4)C(=O)C2(F)F)cc1OC. The van der Waals surface area contributed by atoms with Gasteiger partial charge in [-0.15, -0.1) is 0 Å². The fourth-order valence-electron chi connectivity index (χ4n) is 3.17. The summed E-state index contributed by atoms with van der Waals surface area (Å²) >= 11 is 0. The molecule has 0 saturated carbocycles. The van der Waals surface area contributed by atoms with Crippen LogP contribution in [0.1, 0.15) is 11.6 Å². The number of rotatable bonds is 4. The lowest BCUT2D eigenvalue weighted by Crippen LogP contribution is -2.64. The molecule has 4 rings (SSSR count). The molecule has 0 aromatic heterocycles. The Labute approximate surface area is 147 Å². The van der Waals surface area contributed by atoms with E-state index in [9.17, 15) is 13.6 Å². The highest BCUT2D eigenvalue weighted by molar-refractivity contribution is 6.07. The van der Waals surface area contributed by atoms with Crippen molar-refractivity contribution in [3.05, 3.63) is 42.0 Å². The van der Waals surface area contributed by atoms with Gasteiger partial charge >= 0.3 is 11.8 Å². The third-order valence-corrected chi connectivity index (χ3v) is 4.46. The zero-order valence-electron chi connectivity index (χ0n) is 14.0. The molecule has 1 amide bonds. The minimum atomic E-state index is -3.52. The molecule has 2 aromatic rings. The Kier molecular flexibility index (Phi) is 3.64. The predicted molar refractivity (Wildman–Crippen MR) is 87.3 cm³/mol. The number of nitrogens with zero attached hydrogens (tertiary/aromatic N) is 1. The van der Waals surface area contributed by atoms with Crippen LogP contribution < -0.4 is 23.8 Å². The molecule has 26 heavy (non-hydrogen) atoms. The molecule has 0 N–H and O–H groups in total. The van der Waals surface area contributed by atoms with Crippen molar-refractivity contribution >= 4 is 11.6 Å². The maximum Gasteiger partial charge on any atom is 0.349 e. The number of hydrogen-bond donors (Lipinski definition) is 0. The Balaban J connectivity index is 1.75. The average Bonchev–Trinajstić information content (AvgIpc) is 3.12. The van der Waals surface area contributed by atoms with Crippen LogP contribution in [-0.4, -0.2) is 32.8 Å². The zero-order chi connectivity index (χ0) is 18.5. The van der Waals surface area contributed by atoms with E-state index < -0.39 is 17.9 Å². The number of amides is 1. The molecular weight excluding hydrogens is 348 g/mol. The van der Waals surface area contributed by atoms with Crippen LogP contribution >= 0.6 is 0 Å². The molecule has 2 aliphatic rings. The minimum Gasteiger partial charge on any atom is -0.493 e. The standard InChI is InChI=1S/C18H15F2NO5/c1-23-12-5-3-10(7-14(12)24-2)16-18(19,20)17(22)21(16)11-4-6-13-15(8-11)26-9-25-13/h3-8,16H,9H2,1-2H3/t16-/m1/s1. The van der Waals surface area contributed by atoms with Gasteiger partial charge in [-0.2, -0.15) is 8.78 Å². The highest BCUT2D eigenvalue weighted by atomic mass is 19.3. The van der Waals surface area contributed by atoms with E-state index in [0.717, 1.165) is 4.90 Å². The highest BCUT2D eigenvalue weighted by Gasteiger charge is 2.64. The molecule has 0 aliphatic carbocycles. The summed E-state index contributed by atoms with van der Waals surface area (Å²) in [5.74, 6) is -3.13. The lowest BCUT2D eigenvalue weighted by molar-refractivity contribution is -0.162. The van der Waals surface area contributed by atoms with Gasteiger partial charge in [0.2, 0.25) is 6.79 Å². The number of ether oxygens (including phenoxy) is 4. The molecule has 0 unspecified atom stereocenters. The smallest absolute Gasteiger partial charge is 0.349 e. The van der Waals surface area contributed by atoms with Gasteiger partial charge < -0.3 is 18.9 Å². The summed E-state index contributed by atoms with van der Waals surface area (Å²) in [5.41, 5.74) is 0.551. The number of fused-ring (bicyclic) bond motifs is 1. The van der Waals surface area contributed by atoms with Gasteiger partial charge in [0.1, 0.15) is 6.04 Å². The number of carbonyl (C=O) groups excluding carboxylic acids is 1. The van der Waals surface area contributed by atoms with Crippen molar-refractivity contribution in [3.8, 4) is 23.0 Å². The molecule has 1 atom stereocenters. The second-order valence-electron chi connectivity index (χ2n) is 5.85. The van der Waals surface area contributed by atoms with Crippen molar-refractivity contribution in [1.82, 2.24) is 0 Å². The number of alkyl halides is 2. The summed E-state index contributed by atoms with van der Waals surface area (Å²) in [6.45, 7) is 0.0575. The molecule has 1 fully saturated rings. The van der Waals surface area contributed by atoms with Crippen LogP contribution in [0.4, 0.5) is 14.5 Å². The van der Waals surface area contributed by atoms with Crippen molar-refractivity contribution in [2.45, 2.75) is 12.0 Å². The number of anilines is 1. The van der Waals surface area contributed by atoms with Crippen molar-refractivity contribution < 1.29 is 32.5 Å². The maximum absolute atomic E-state index is 14.4. The van der Waals surface area contributed by atoms with Gasteiger partial charge in [0.15, 0.2) is 23.0 Å². The van der Waals surface area contributed by atoms with Crippen molar-refractivity contribution in [1.29, 1.82) is 0 Å². The largest absolute Gasteiger partial charge is 0.493 e. The summed E-state index contributed by atoms with van der Waals surface area (Å²) < 4.78 is 49.6. The first kappa shape index (κ1) is 16.4. The highest BCUT2D eigenvalue weighted by Crippen LogP contribution is 2.52. The second-order valence-corrected chi connectivity index (χ2v) is 5.85. The van der Waals surface area contributed by atoms with Gasteiger partial charge in [-0.25, -0.2) is 0 Å². The van der Waals surface area contributed by atoms with Crippen LogP contribution in [0.2, 0.25) is 0 Å². The summed E-state index contributed by atoms with van der Waals surface area (Å²) in [5, 5.41) is 0. The fraction of sp³-hybridized carbons (Fsp3) is 0.278. The number of methoxy groups -OCH3 is 2. The van der Waals surface area contributed by atoms with E-state index in [4.69, 9.17) is 18.9 Å². The Bertz CT molecular complexity index is 886. The molecule has 0 spiro atoms. The van der Waals surface area contributed by atoms with Gasteiger partial charge in [0.25, 0.3) is 0 Å². The van der Waals surface area contributed by atoms with Crippen LogP contribution in [0.25, 0.3) is 0 Å². The van der Waals surface area contributed by atoms with E-state index in [2.05, 4.69) is 0 Å². The topological polar surface area (TPSA) is 57.2 Å². The quantitative estimate of drug-likeness (QED) is 0.781. The predicted octanol–water partition coefficient (Wildman–Crippen LogP) is 3.16. The first-order valence-electron chi connectivity index (χ1n) is 7.80. The Morgan fingerprint density at radius 2 is 1.77 bits per heavy atom. The first-order valence-corrected chi connectivity index (χ1v) is 7.80. The fourth-order valence-corrected chi connectivity index (χ4v) is 3.17. The van der Waals surface area contributed by atoms with Gasteiger partial charge in [-0.3, -0.25) is 9.69 Å². The zero-order valence-corrected chi connectivity index (χ0v) is 14.0. The lowest BCUT2D eigenvalue weighted by Gasteiger charge is -2.46. The number of benzene rings is 2. The van der Waals surface area contributed by atoms with Crippen LogP contribution in [0.5, 0.6) is 23.0 Å². The van der Waals surface area contributed by atoms with Crippen molar-refractivity contribution in [3.63, 3.8) is 0 Å². The number of carbonyl (C=O) groups is 1. The van der Waals surface area contributed by atoms with Gasteiger partial charge in [-0.1, -0.05) is 6.07 Å². The normalized spacial score (nSPS) is 19.9. The average molecular weight is 363 g/mol. The van der Waals surface area contributed by atoms with Crippen molar-refractivity contribution in [2.75, 3.05) is 25.9 Å². The summed E-state index contributed by atoms with van der Waals surface area (Å²) in [7, 11) is 2.87. The molecule has 0 radical (unpaired) electrons. The summed E-state index contributed by atoms with van der Waals surface area (Å²) in [4.78, 5) is 13.1. The lowest BCUT2D eigenvalue weighted by atomic mass is 9.88. The summed E-state index contributed by atoms with van der Waals surface area (Å²) in [6.07, 6.45) is 0. The van der Waals surface area contributed by atoms with Gasteiger partial charge in [-0.05, 0) is 29.8 Å². The molecule has 2 aliphatic heterocycles. The third kappa shape index (κ3) is 2.25. The van der Waals surface area contributed by atoms with E-state index >= 15 is 0 Å². The molecule has 2 aromatic carbocycles. The molecule has 6 nitrogen and oxygen atoms in total. The van der Waals surface area contributed by atoms with Crippen molar-refractivity contribution in [2.24, 2.45) is 0 Å². The van der Waals surface area contributed by atoms with E-state index in [-0.39, 0.29) is 12.4 Å². The first-order chi connectivity index (χ1) is 12.5. The van der Waals surface area contributed by atoms with E-state index in [1.165, 1.54) is 38.5 Å². The van der Waals surface area contributed by atoms with Crippen LogP contribution in [0.15, 0.2) is 36.4 Å². The molecule has 8 heteroatoms. The Hall–Kier alpha value is -3.03. The number of halogens is 2. The second kappa shape index (κ2) is 5.76. The maximum atomic E-state index is 14.4. The third-order valence-electron chi connectivity index (χ3n) is 4.46. The number of β-lactam (4-membered cyclic amide) rings is 1. The van der Waals surface area contributed by atoms with Crippen LogP contribution in [0.3, 0.4) is 0 Å². The Morgan fingerprint density at radius 1 is 1.04 bits per heavy atom. The monoisotopic (exact) mass is 363 g/mol. The van der Waals surface area contributed by atoms with Gasteiger partial charge in [0, 0.05) is 11.8 Å². The molecule has 0 bridgehead atoms. The molecular formula is C18H15F2NO5. The van der Waals surface area contributed by atoms with Gasteiger partial charge in [0.05, 0.1) is 14.2 Å². The minimum absolute atomic E-state index is 0.0575.